The van der Waals surface area contributed by atoms with Gasteiger partial charge in [0, 0.05) is 11.9 Å². The molecular formula is C18H21NO4. The van der Waals surface area contributed by atoms with Crippen LogP contribution in [0.2, 0.25) is 0 Å². The van der Waals surface area contributed by atoms with Gasteiger partial charge in [0.15, 0.2) is 5.78 Å². The lowest BCUT2D eigenvalue weighted by Crippen LogP contribution is -2.29. The van der Waals surface area contributed by atoms with Crippen LogP contribution in [0.1, 0.15) is 47.7 Å². The number of hydrogen-bond acceptors (Lipinski definition) is 5. The Kier molecular flexibility index (Phi) is 4.22. The quantitative estimate of drug-likeness (QED) is 0.696. The molecule has 2 heterocycles. The third-order valence-corrected chi connectivity index (χ3v) is 4.52. The summed E-state index contributed by atoms with van der Waals surface area (Å²) in [4.78, 5) is 25.9. The molecular weight excluding hydrogens is 294 g/mol. The summed E-state index contributed by atoms with van der Waals surface area (Å²) < 4.78 is 5.43. The summed E-state index contributed by atoms with van der Waals surface area (Å²) in [7, 11) is 0. The van der Waals surface area contributed by atoms with Gasteiger partial charge in [-0.05, 0) is 57.5 Å². The largest absolute Gasteiger partial charge is 0.507 e. The molecule has 0 spiro atoms. The van der Waals surface area contributed by atoms with Crippen LogP contribution in [0.15, 0.2) is 21.3 Å². The summed E-state index contributed by atoms with van der Waals surface area (Å²) >= 11 is 0. The van der Waals surface area contributed by atoms with Crippen LogP contribution < -0.4 is 5.63 Å². The zero-order valence-corrected chi connectivity index (χ0v) is 13.5. The van der Waals surface area contributed by atoms with Crippen LogP contribution in [-0.2, 0) is 6.54 Å². The highest BCUT2D eigenvalue weighted by atomic mass is 16.4. The van der Waals surface area contributed by atoms with Crippen molar-refractivity contribution in [2.24, 2.45) is 0 Å². The number of fused-ring (bicyclic) bond motifs is 1. The first-order valence-electron chi connectivity index (χ1n) is 8.00. The number of phenolic OH excluding ortho intramolecular Hbond substituents is 1. The van der Waals surface area contributed by atoms with E-state index >= 15 is 0 Å². The molecule has 0 atom stereocenters. The number of aryl methyl sites for hydroxylation is 1. The van der Waals surface area contributed by atoms with Crippen LogP contribution in [0.4, 0.5) is 0 Å². The molecule has 1 saturated heterocycles. The van der Waals surface area contributed by atoms with Crippen molar-refractivity contribution >= 4 is 16.8 Å². The van der Waals surface area contributed by atoms with E-state index in [0.717, 1.165) is 31.5 Å². The minimum atomic E-state index is -0.644. The number of Topliss-reactive ketones (excluding diaryl/α,β-unsaturated/α-hetero) is 1. The maximum absolute atomic E-state index is 12.1. The van der Waals surface area contributed by atoms with Gasteiger partial charge in [0.1, 0.15) is 16.9 Å². The van der Waals surface area contributed by atoms with Gasteiger partial charge in [-0.1, -0.05) is 6.42 Å². The third-order valence-electron chi connectivity index (χ3n) is 4.52. The average molecular weight is 315 g/mol. The molecule has 23 heavy (non-hydrogen) atoms. The van der Waals surface area contributed by atoms with Gasteiger partial charge in [0.2, 0.25) is 0 Å². The second kappa shape index (κ2) is 6.16. The Labute approximate surface area is 134 Å². The molecule has 0 amide bonds. The van der Waals surface area contributed by atoms with E-state index in [1.54, 1.807) is 12.1 Å². The second-order valence-corrected chi connectivity index (χ2v) is 6.27. The molecule has 3 rings (SSSR count). The molecule has 0 aliphatic carbocycles. The van der Waals surface area contributed by atoms with Crippen LogP contribution in [0.5, 0.6) is 5.75 Å². The van der Waals surface area contributed by atoms with Crippen molar-refractivity contribution < 1.29 is 14.3 Å². The van der Waals surface area contributed by atoms with Gasteiger partial charge in [0.25, 0.3) is 0 Å². The molecule has 1 aliphatic heterocycles. The summed E-state index contributed by atoms with van der Waals surface area (Å²) in [6.07, 6.45) is 3.51. The number of rotatable bonds is 3. The van der Waals surface area contributed by atoms with E-state index in [9.17, 15) is 14.7 Å². The SMILES string of the molecule is CC(=O)c1cc2c(C)cc(O)c(CN3CCCCC3)c2oc1=O. The molecule has 0 radical (unpaired) electrons. The van der Waals surface area contributed by atoms with E-state index in [2.05, 4.69) is 4.90 Å². The number of benzene rings is 1. The van der Waals surface area contributed by atoms with Crippen LogP contribution >= 0.6 is 0 Å². The van der Waals surface area contributed by atoms with Gasteiger partial charge < -0.3 is 9.52 Å². The Morgan fingerprint density at radius 1 is 1.26 bits per heavy atom. The fourth-order valence-corrected chi connectivity index (χ4v) is 3.21. The van der Waals surface area contributed by atoms with Gasteiger partial charge in [-0.25, -0.2) is 4.79 Å². The summed E-state index contributed by atoms with van der Waals surface area (Å²) in [5.41, 5.74) is 1.21. The van der Waals surface area contributed by atoms with Crippen molar-refractivity contribution in [2.75, 3.05) is 13.1 Å². The predicted molar refractivity (Wildman–Crippen MR) is 88.0 cm³/mol. The lowest BCUT2D eigenvalue weighted by Gasteiger charge is -2.27. The maximum Gasteiger partial charge on any atom is 0.347 e. The Morgan fingerprint density at radius 3 is 2.61 bits per heavy atom. The second-order valence-electron chi connectivity index (χ2n) is 6.27. The van der Waals surface area contributed by atoms with E-state index < -0.39 is 5.63 Å². The third kappa shape index (κ3) is 3.01. The first-order valence-corrected chi connectivity index (χ1v) is 8.00. The van der Waals surface area contributed by atoms with Crippen LogP contribution in [0.25, 0.3) is 11.0 Å². The van der Waals surface area contributed by atoms with Gasteiger partial charge >= 0.3 is 5.63 Å². The fraction of sp³-hybridized carbons (Fsp3) is 0.444. The molecule has 1 aromatic heterocycles. The molecule has 1 aliphatic rings. The number of ketones is 1. The van der Waals surface area contributed by atoms with E-state index in [-0.39, 0.29) is 17.1 Å². The zero-order valence-electron chi connectivity index (χ0n) is 13.5. The summed E-state index contributed by atoms with van der Waals surface area (Å²) in [5, 5.41) is 11.0. The number of nitrogens with zero attached hydrogens (tertiary/aromatic N) is 1. The van der Waals surface area contributed by atoms with E-state index in [0.29, 0.717) is 23.1 Å². The highest BCUT2D eigenvalue weighted by Gasteiger charge is 2.19. The summed E-state index contributed by atoms with van der Waals surface area (Å²) in [6, 6.07) is 3.25. The lowest BCUT2D eigenvalue weighted by molar-refractivity contribution is 0.101. The summed E-state index contributed by atoms with van der Waals surface area (Å²) in [5.74, 6) is -0.176. The fourth-order valence-electron chi connectivity index (χ4n) is 3.21. The Bertz CT molecular complexity index is 816. The molecule has 5 nitrogen and oxygen atoms in total. The highest BCUT2D eigenvalue weighted by molar-refractivity contribution is 5.97. The minimum Gasteiger partial charge on any atom is -0.507 e. The van der Waals surface area contributed by atoms with Gasteiger partial charge in [-0.15, -0.1) is 0 Å². The van der Waals surface area contributed by atoms with Gasteiger partial charge in [-0.2, -0.15) is 0 Å². The monoisotopic (exact) mass is 315 g/mol. The molecule has 122 valence electrons. The smallest absolute Gasteiger partial charge is 0.347 e. The van der Waals surface area contributed by atoms with Gasteiger partial charge in [0.05, 0.1) is 5.56 Å². The van der Waals surface area contributed by atoms with Crippen LogP contribution in [0.3, 0.4) is 0 Å². The van der Waals surface area contributed by atoms with Crippen molar-refractivity contribution in [1.29, 1.82) is 0 Å². The minimum absolute atomic E-state index is 0.0511. The molecule has 2 aromatic rings. The Balaban J connectivity index is 2.14. The van der Waals surface area contributed by atoms with Crippen LogP contribution in [0, 0.1) is 6.92 Å². The number of carbonyl (C=O) groups excluding carboxylic acids is 1. The summed E-state index contributed by atoms with van der Waals surface area (Å²) in [6.45, 7) is 5.68. The molecule has 1 fully saturated rings. The molecule has 0 saturated carbocycles. The molecule has 5 heteroatoms. The van der Waals surface area contributed by atoms with Crippen molar-refractivity contribution in [3.05, 3.63) is 39.2 Å². The first kappa shape index (κ1) is 15.7. The number of carbonyl (C=O) groups is 1. The van der Waals surface area contributed by atoms with Crippen molar-refractivity contribution in [3.63, 3.8) is 0 Å². The Morgan fingerprint density at radius 2 is 1.96 bits per heavy atom. The number of hydrogen-bond donors (Lipinski definition) is 1. The first-order chi connectivity index (χ1) is 11.0. The van der Waals surface area contributed by atoms with E-state index in [4.69, 9.17) is 4.42 Å². The average Bonchev–Trinajstić information content (AvgIpc) is 2.51. The van der Waals surface area contributed by atoms with Crippen molar-refractivity contribution in [3.8, 4) is 5.75 Å². The zero-order chi connectivity index (χ0) is 16.6. The topological polar surface area (TPSA) is 70.8 Å². The number of phenols is 1. The van der Waals surface area contributed by atoms with E-state index in [1.807, 2.05) is 6.92 Å². The standard InChI is InChI=1S/C18H21NO4/c1-11-8-16(21)15(10-19-6-4-3-5-7-19)17-13(11)9-14(12(2)20)18(22)23-17/h8-9,21H,3-7,10H2,1-2H3. The van der Waals surface area contributed by atoms with Crippen LogP contribution in [-0.4, -0.2) is 28.9 Å². The van der Waals surface area contributed by atoms with E-state index in [1.165, 1.54) is 13.3 Å². The molecule has 0 bridgehead atoms. The predicted octanol–water partition coefficient (Wildman–Crippen LogP) is 3.00. The molecule has 1 aromatic carbocycles. The highest BCUT2D eigenvalue weighted by Crippen LogP contribution is 2.31. The number of aromatic hydroxyl groups is 1. The molecule has 0 unspecified atom stereocenters. The van der Waals surface area contributed by atoms with Gasteiger partial charge in [-0.3, -0.25) is 9.69 Å². The molecule has 1 N–H and O–H groups in total. The Hall–Kier alpha value is -2.14. The lowest BCUT2D eigenvalue weighted by atomic mass is 10.0. The van der Waals surface area contributed by atoms with Crippen molar-refractivity contribution in [1.82, 2.24) is 4.90 Å². The maximum atomic E-state index is 12.1. The normalized spacial score (nSPS) is 15.9. The van der Waals surface area contributed by atoms with Crippen molar-refractivity contribution in [2.45, 2.75) is 39.7 Å². The number of likely N-dealkylation sites (tertiary alicyclic amines) is 1. The number of piperidine rings is 1.